The number of amides is 1. The second-order valence-corrected chi connectivity index (χ2v) is 4.82. The van der Waals surface area contributed by atoms with Gasteiger partial charge in [0.2, 0.25) is 5.91 Å². The predicted octanol–water partition coefficient (Wildman–Crippen LogP) is 2.38. The number of carbonyl (C=O) groups excluding carboxylic acids is 1. The molecule has 0 heterocycles. The standard InChI is InChI=1S/C12H14N2O3S/c1-9(2)7-13-12(15)8-18-11-5-3-10(4-6-11)14(16)17/h3-6H,1,7-8H2,2H3,(H,13,15). The summed E-state index contributed by atoms with van der Waals surface area (Å²) in [6.07, 6.45) is 0. The van der Waals surface area contributed by atoms with Crippen LogP contribution >= 0.6 is 11.8 Å². The third kappa shape index (κ3) is 5.01. The Morgan fingerprint density at radius 3 is 2.56 bits per heavy atom. The lowest BCUT2D eigenvalue weighted by atomic mass is 10.3. The Morgan fingerprint density at radius 1 is 1.44 bits per heavy atom. The minimum absolute atomic E-state index is 0.0473. The molecule has 0 aromatic heterocycles. The van der Waals surface area contributed by atoms with Crippen LogP contribution in [0.2, 0.25) is 0 Å². The second-order valence-electron chi connectivity index (χ2n) is 3.77. The number of hydrogen-bond donors (Lipinski definition) is 1. The number of nitro groups is 1. The molecule has 1 amide bonds. The molecule has 0 saturated heterocycles. The zero-order valence-corrected chi connectivity index (χ0v) is 10.8. The maximum absolute atomic E-state index is 11.4. The van der Waals surface area contributed by atoms with E-state index >= 15 is 0 Å². The highest BCUT2D eigenvalue weighted by atomic mass is 32.2. The van der Waals surface area contributed by atoms with Crippen molar-refractivity contribution in [1.29, 1.82) is 0 Å². The van der Waals surface area contributed by atoms with E-state index in [0.29, 0.717) is 6.54 Å². The number of thioether (sulfide) groups is 1. The molecule has 0 atom stereocenters. The van der Waals surface area contributed by atoms with Crippen molar-refractivity contribution in [2.75, 3.05) is 12.3 Å². The summed E-state index contributed by atoms with van der Waals surface area (Å²) in [6, 6.07) is 6.12. The molecule has 6 heteroatoms. The van der Waals surface area contributed by atoms with Gasteiger partial charge in [0.05, 0.1) is 10.7 Å². The van der Waals surface area contributed by atoms with Crippen LogP contribution in [-0.2, 0) is 4.79 Å². The first-order valence-corrected chi connectivity index (χ1v) is 6.26. The van der Waals surface area contributed by atoms with E-state index in [2.05, 4.69) is 11.9 Å². The number of non-ortho nitro benzene ring substituents is 1. The van der Waals surface area contributed by atoms with Gasteiger partial charge in [-0.1, -0.05) is 12.2 Å². The van der Waals surface area contributed by atoms with Gasteiger partial charge in [-0.15, -0.1) is 11.8 Å². The van der Waals surface area contributed by atoms with Gasteiger partial charge < -0.3 is 5.32 Å². The molecule has 1 aromatic carbocycles. The summed E-state index contributed by atoms with van der Waals surface area (Å²) in [6.45, 7) is 6.00. The van der Waals surface area contributed by atoms with Crippen molar-refractivity contribution >= 4 is 23.4 Å². The van der Waals surface area contributed by atoms with E-state index in [1.807, 2.05) is 6.92 Å². The zero-order valence-electron chi connectivity index (χ0n) is 10.0. The van der Waals surface area contributed by atoms with Crippen LogP contribution in [0, 0.1) is 10.1 Å². The number of rotatable bonds is 6. The summed E-state index contributed by atoms with van der Waals surface area (Å²) in [5.74, 6) is 0.201. The van der Waals surface area contributed by atoms with E-state index in [-0.39, 0.29) is 17.3 Å². The third-order valence-electron chi connectivity index (χ3n) is 2.00. The van der Waals surface area contributed by atoms with Crippen LogP contribution in [0.5, 0.6) is 0 Å². The van der Waals surface area contributed by atoms with Gasteiger partial charge in [-0.05, 0) is 19.1 Å². The highest BCUT2D eigenvalue weighted by Gasteiger charge is 2.06. The molecule has 0 unspecified atom stereocenters. The van der Waals surface area contributed by atoms with E-state index in [9.17, 15) is 14.9 Å². The maximum Gasteiger partial charge on any atom is 0.269 e. The van der Waals surface area contributed by atoms with Gasteiger partial charge in [0.25, 0.3) is 5.69 Å². The minimum atomic E-state index is -0.450. The van der Waals surface area contributed by atoms with Gasteiger partial charge in [0.15, 0.2) is 0 Å². The van der Waals surface area contributed by atoms with Gasteiger partial charge in [-0.25, -0.2) is 0 Å². The Hall–Kier alpha value is -1.82. The monoisotopic (exact) mass is 266 g/mol. The fourth-order valence-electron chi connectivity index (χ4n) is 1.11. The molecule has 0 radical (unpaired) electrons. The van der Waals surface area contributed by atoms with Crippen LogP contribution in [-0.4, -0.2) is 23.1 Å². The number of carbonyl (C=O) groups is 1. The molecule has 0 aliphatic heterocycles. The molecule has 0 fully saturated rings. The first-order valence-electron chi connectivity index (χ1n) is 5.27. The predicted molar refractivity (Wildman–Crippen MR) is 71.6 cm³/mol. The molecular weight excluding hydrogens is 252 g/mol. The zero-order chi connectivity index (χ0) is 13.5. The molecule has 0 saturated carbocycles. The van der Waals surface area contributed by atoms with Crippen LogP contribution in [0.25, 0.3) is 0 Å². The second kappa shape index (κ2) is 6.80. The van der Waals surface area contributed by atoms with Gasteiger partial charge in [0.1, 0.15) is 0 Å². The van der Waals surface area contributed by atoms with Crippen molar-refractivity contribution in [3.05, 3.63) is 46.5 Å². The number of nitrogens with one attached hydrogen (secondary N) is 1. The number of hydrogen-bond acceptors (Lipinski definition) is 4. The quantitative estimate of drug-likeness (QED) is 0.371. The van der Waals surface area contributed by atoms with E-state index in [0.717, 1.165) is 10.5 Å². The SMILES string of the molecule is C=C(C)CNC(=O)CSc1ccc([N+](=O)[O-])cc1. The Morgan fingerprint density at radius 2 is 2.06 bits per heavy atom. The lowest BCUT2D eigenvalue weighted by Crippen LogP contribution is -2.26. The average molecular weight is 266 g/mol. The Labute approximate surface area is 109 Å². The maximum atomic E-state index is 11.4. The summed E-state index contributed by atoms with van der Waals surface area (Å²) >= 11 is 1.34. The summed E-state index contributed by atoms with van der Waals surface area (Å²) in [7, 11) is 0. The molecule has 1 rings (SSSR count). The first-order chi connectivity index (χ1) is 8.49. The fraction of sp³-hybridized carbons (Fsp3) is 0.250. The Balaban J connectivity index is 2.41. The number of nitro benzene ring substituents is 1. The van der Waals surface area contributed by atoms with Crippen molar-refractivity contribution in [3.63, 3.8) is 0 Å². The van der Waals surface area contributed by atoms with E-state index in [1.54, 1.807) is 12.1 Å². The largest absolute Gasteiger partial charge is 0.352 e. The van der Waals surface area contributed by atoms with Crippen molar-refractivity contribution in [2.24, 2.45) is 0 Å². The summed E-state index contributed by atoms with van der Waals surface area (Å²) in [5.41, 5.74) is 0.940. The van der Waals surface area contributed by atoms with E-state index < -0.39 is 4.92 Å². The number of benzene rings is 1. The summed E-state index contributed by atoms with van der Waals surface area (Å²) in [5, 5.41) is 13.2. The van der Waals surface area contributed by atoms with Crippen LogP contribution in [0.15, 0.2) is 41.3 Å². The molecule has 0 aliphatic carbocycles. The van der Waals surface area contributed by atoms with Gasteiger partial charge in [-0.2, -0.15) is 0 Å². The van der Waals surface area contributed by atoms with Crippen LogP contribution in [0.4, 0.5) is 5.69 Å². The number of nitrogens with zero attached hydrogens (tertiary/aromatic N) is 1. The summed E-state index contributed by atoms with van der Waals surface area (Å²) in [4.78, 5) is 22.2. The summed E-state index contributed by atoms with van der Waals surface area (Å²) < 4.78 is 0. The van der Waals surface area contributed by atoms with Crippen LogP contribution in [0.3, 0.4) is 0 Å². The van der Waals surface area contributed by atoms with E-state index in [4.69, 9.17) is 0 Å². The van der Waals surface area contributed by atoms with Gasteiger partial charge >= 0.3 is 0 Å². The normalized spacial score (nSPS) is 9.83. The average Bonchev–Trinajstić information content (AvgIpc) is 2.34. The van der Waals surface area contributed by atoms with Crippen LogP contribution < -0.4 is 5.32 Å². The molecule has 5 nitrogen and oxygen atoms in total. The molecule has 0 spiro atoms. The van der Waals surface area contributed by atoms with Crippen molar-refractivity contribution in [1.82, 2.24) is 5.32 Å². The fourth-order valence-corrected chi connectivity index (χ4v) is 1.84. The molecular formula is C12H14N2O3S. The van der Waals surface area contributed by atoms with Crippen LogP contribution in [0.1, 0.15) is 6.92 Å². The molecule has 0 aliphatic rings. The van der Waals surface area contributed by atoms with E-state index in [1.165, 1.54) is 23.9 Å². The third-order valence-corrected chi connectivity index (χ3v) is 3.02. The van der Waals surface area contributed by atoms with Crippen molar-refractivity contribution < 1.29 is 9.72 Å². The molecule has 18 heavy (non-hydrogen) atoms. The van der Waals surface area contributed by atoms with Crippen molar-refractivity contribution in [3.8, 4) is 0 Å². The molecule has 96 valence electrons. The molecule has 0 bridgehead atoms. The first kappa shape index (κ1) is 14.2. The molecule has 1 N–H and O–H groups in total. The minimum Gasteiger partial charge on any atom is -0.352 e. The lowest BCUT2D eigenvalue weighted by Gasteiger charge is -2.04. The van der Waals surface area contributed by atoms with Gasteiger partial charge in [0, 0.05) is 23.6 Å². The highest BCUT2D eigenvalue weighted by molar-refractivity contribution is 8.00. The topological polar surface area (TPSA) is 72.2 Å². The molecule has 1 aromatic rings. The van der Waals surface area contributed by atoms with Gasteiger partial charge in [-0.3, -0.25) is 14.9 Å². The Kier molecular flexibility index (Phi) is 5.38. The highest BCUT2D eigenvalue weighted by Crippen LogP contribution is 2.20. The Bertz CT molecular complexity index is 457. The van der Waals surface area contributed by atoms with Crippen molar-refractivity contribution in [2.45, 2.75) is 11.8 Å². The smallest absolute Gasteiger partial charge is 0.269 e. The lowest BCUT2D eigenvalue weighted by molar-refractivity contribution is -0.384.